The van der Waals surface area contributed by atoms with Gasteiger partial charge in [-0.3, -0.25) is 14.4 Å². The SMILES string of the molecule is COc1ccc(CCNC(=O)/C=C(/C)C(=O)Nc2ccc(C(C)=O)cc2)cc1. The molecule has 28 heavy (non-hydrogen) atoms. The van der Waals surface area contributed by atoms with Gasteiger partial charge < -0.3 is 15.4 Å². The van der Waals surface area contributed by atoms with Crippen LogP contribution in [0.2, 0.25) is 0 Å². The Labute approximate surface area is 164 Å². The second kappa shape index (κ2) is 10.1. The number of methoxy groups -OCH3 is 1. The number of rotatable bonds is 8. The molecule has 6 heteroatoms. The minimum atomic E-state index is -0.374. The molecule has 0 aliphatic heterocycles. The van der Waals surface area contributed by atoms with Crippen molar-refractivity contribution >= 4 is 23.3 Å². The molecule has 0 radical (unpaired) electrons. The smallest absolute Gasteiger partial charge is 0.251 e. The maximum Gasteiger partial charge on any atom is 0.251 e. The minimum absolute atomic E-state index is 0.0414. The van der Waals surface area contributed by atoms with Crippen molar-refractivity contribution in [2.24, 2.45) is 0 Å². The number of ether oxygens (including phenoxy) is 1. The molecule has 2 aromatic carbocycles. The van der Waals surface area contributed by atoms with Crippen LogP contribution in [-0.4, -0.2) is 31.3 Å². The molecular weight excluding hydrogens is 356 g/mol. The first-order chi connectivity index (χ1) is 13.4. The van der Waals surface area contributed by atoms with Gasteiger partial charge in [0.2, 0.25) is 5.91 Å². The summed E-state index contributed by atoms with van der Waals surface area (Å²) in [5, 5.41) is 5.46. The first-order valence-electron chi connectivity index (χ1n) is 8.90. The Morgan fingerprint density at radius 2 is 1.61 bits per heavy atom. The van der Waals surface area contributed by atoms with Gasteiger partial charge in [-0.25, -0.2) is 0 Å². The van der Waals surface area contributed by atoms with Crippen LogP contribution in [0.3, 0.4) is 0 Å². The second-order valence-electron chi connectivity index (χ2n) is 6.30. The molecule has 0 saturated carbocycles. The first-order valence-corrected chi connectivity index (χ1v) is 8.90. The molecule has 0 aliphatic rings. The molecule has 0 unspecified atom stereocenters. The van der Waals surface area contributed by atoms with Gasteiger partial charge >= 0.3 is 0 Å². The number of anilines is 1. The lowest BCUT2D eigenvalue weighted by Gasteiger charge is -2.07. The highest BCUT2D eigenvalue weighted by Gasteiger charge is 2.08. The van der Waals surface area contributed by atoms with Crippen molar-refractivity contribution in [3.8, 4) is 5.75 Å². The zero-order chi connectivity index (χ0) is 20.5. The first kappa shape index (κ1) is 20.9. The van der Waals surface area contributed by atoms with Crippen molar-refractivity contribution < 1.29 is 19.1 Å². The normalized spacial score (nSPS) is 10.9. The van der Waals surface area contributed by atoms with Gasteiger partial charge in [0.05, 0.1) is 7.11 Å². The van der Waals surface area contributed by atoms with Gasteiger partial charge in [-0.2, -0.15) is 0 Å². The van der Waals surface area contributed by atoms with Gasteiger partial charge in [-0.05, 0) is 62.2 Å². The highest BCUT2D eigenvalue weighted by atomic mass is 16.5. The summed E-state index contributed by atoms with van der Waals surface area (Å²) in [6.07, 6.45) is 1.95. The van der Waals surface area contributed by atoms with Crippen LogP contribution in [0.4, 0.5) is 5.69 Å². The van der Waals surface area contributed by atoms with Crippen molar-refractivity contribution in [3.05, 3.63) is 71.3 Å². The predicted molar refractivity (Wildman–Crippen MR) is 109 cm³/mol. The Morgan fingerprint density at radius 3 is 2.18 bits per heavy atom. The molecule has 2 N–H and O–H groups in total. The maximum absolute atomic E-state index is 12.2. The van der Waals surface area contributed by atoms with E-state index in [1.165, 1.54) is 13.0 Å². The molecule has 2 aromatic rings. The standard InChI is InChI=1S/C22H24N2O4/c1-15(22(27)24-19-8-6-18(7-9-19)16(2)25)14-21(26)23-13-12-17-4-10-20(28-3)11-5-17/h4-11,14H,12-13H2,1-3H3,(H,23,26)(H,24,27)/b15-14-. The fourth-order valence-electron chi connectivity index (χ4n) is 2.45. The fraction of sp³-hybridized carbons (Fsp3) is 0.227. The zero-order valence-electron chi connectivity index (χ0n) is 16.2. The molecule has 0 saturated heterocycles. The largest absolute Gasteiger partial charge is 0.497 e. The molecule has 2 amide bonds. The number of carbonyl (C=O) groups is 3. The van der Waals surface area contributed by atoms with E-state index in [0.29, 0.717) is 24.2 Å². The summed E-state index contributed by atoms with van der Waals surface area (Å²) in [6.45, 7) is 3.51. The van der Waals surface area contributed by atoms with Crippen LogP contribution >= 0.6 is 0 Å². The molecule has 146 valence electrons. The Morgan fingerprint density at radius 1 is 0.964 bits per heavy atom. The third-order valence-corrected chi connectivity index (χ3v) is 4.13. The predicted octanol–water partition coefficient (Wildman–Crippen LogP) is 3.14. The van der Waals surface area contributed by atoms with Gasteiger partial charge in [0.15, 0.2) is 5.78 Å². The van der Waals surface area contributed by atoms with Crippen molar-refractivity contribution in [2.45, 2.75) is 20.3 Å². The molecule has 0 aliphatic carbocycles. The Balaban J connectivity index is 1.82. The van der Waals surface area contributed by atoms with E-state index < -0.39 is 0 Å². The summed E-state index contributed by atoms with van der Waals surface area (Å²) in [5.41, 5.74) is 2.50. The molecule has 0 heterocycles. The number of benzene rings is 2. The molecule has 2 rings (SSSR count). The summed E-state index contributed by atoms with van der Waals surface area (Å²) < 4.78 is 5.11. The van der Waals surface area contributed by atoms with Crippen molar-refractivity contribution in [2.75, 3.05) is 19.0 Å². The number of nitrogens with one attached hydrogen (secondary N) is 2. The summed E-state index contributed by atoms with van der Waals surface area (Å²) >= 11 is 0. The highest BCUT2D eigenvalue weighted by Crippen LogP contribution is 2.12. The van der Waals surface area contributed by atoms with Crippen molar-refractivity contribution in [3.63, 3.8) is 0 Å². The lowest BCUT2D eigenvalue weighted by molar-refractivity contribution is -0.117. The van der Waals surface area contributed by atoms with E-state index in [9.17, 15) is 14.4 Å². The van der Waals surface area contributed by atoms with Crippen LogP contribution < -0.4 is 15.4 Å². The molecule has 0 bridgehead atoms. The quantitative estimate of drug-likeness (QED) is 0.544. The number of carbonyl (C=O) groups excluding carboxylic acids is 3. The van der Waals surface area contributed by atoms with Crippen LogP contribution in [0.1, 0.15) is 29.8 Å². The third-order valence-electron chi connectivity index (χ3n) is 4.13. The lowest BCUT2D eigenvalue weighted by atomic mass is 10.1. The van der Waals surface area contributed by atoms with Crippen molar-refractivity contribution in [1.82, 2.24) is 5.32 Å². The van der Waals surface area contributed by atoms with Gasteiger partial charge in [0.1, 0.15) is 5.75 Å². The minimum Gasteiger partial charge on any atom is -0.497 e. The number of ketones is 1. The van der Waals surface area contributed by atoms with Gasteiger partial charge in [-0.15, -0.1) is 0 Å². The monoisotopic (exact) mass is 380 g/mol. The van der Waals surface area contributed by atoms with E-state index in [1.807, 2.05) is 24.3 Å². The molecule has 0 fully saturated rings. The zero-order valence-corrected chi connectivity index (χ0v) is 16.2. The third kappa shape index (κ3) is 6.39. The van der Waals surface area contributed by atoms with E-state index in [4.69, 9.17) is 4.74 Å². The molecule has 0 atom stereocenters. The Hall–Kier alpha value is -3.41. The van der Waals surface area contributed by atoms with Crippen LogP contribution in [0, 0.1) is 0 Å². The summed E-state index contributed by atoms with van der Waals surface area (Å²) in [4.78, 5) is 35.4. The number of hydrogen-bond acceptors (Lipinski definition) is 4. The van der Waals surface area contributed by atoms with E-state index in [1.54, 1.807) is 38.3 Å². The fourth-order valence-corrected chi connectivity index (χ4v) is 2.45. The van der Waals surface area contributed by atoms with Gasteiger partial charge in [-0.1, -0.05) is 12.1 Å². The lowest BCUT2D eigenvalue weighted by Crippen LogP contribution is -2.25. The molecule has 0 spiro atoms. The van der Waals surface area contributed by atoms with Gasteiger partial charge in [0.25, 0.3) is 5.91 Å². The van der Waals surface area contributed by atoms with Crippen LogP contribution in [-0.2, 0) is 16.0 Å². The maximum atomic E-state index is 12.2. The van der Waals surface area contributed by atoms with E-state index in [0.717, 1.165) is 11.3 Å². The molecular formula is C22H24N2O4. The van der Waals surface area contributed by atoms with Crippen LogP contribution in [0.5, 0.6) is 5.75 Å². The summed E-state index contributed by atoms with van der Waals surface area (Å²) in [6, 6.07) is 14.2. The summed E-state index contributed by atoms with van der Waals surface area (Å²) in [7, 11) is 1.61. The number of amides is 2. The second-order valence-corrected chi connectivity index (χ2v) is 6.30. The topological polar surface area (TPSA) is 84.5 Å². The average Bonchev–Trinajstić information content (AvgIpc) is 2.68. The molecule has 0 aromatic heterocycles. The Kier molecular flexibility index (Phi) is 7.51. The highest BCUT2D eigenvalue weighted by molar-refractivity contribution is 6.07. The van der Waals surface area contributed by atoms with E-state index in [-0.39, 0.29) is 23.2 Å². The Bertz CT molecular complexity index is 868. The number of hydrogen-bond donors (Lipinski definition) is 2. The summed E-state index contributed by atoms with van der Waals surface area (Å²) in [5.74, 6) is 0.0440. The van der Waals surface area contributed by atoms with E-state index >= 15 is 0 Å². The number of Topliss-reactive ketones (excluding diaryl/α,β-unsaturated/α-hetero) is 1. The van der Waals surface area contributed by atoms with Crippen LogP contribution in [0.25, 0.3) is 0 Å². The van der Waals surface area contributed by atoms with Gasteiger partial charge in [0, 0.05) is 29.4 Å². The average molecular weight is 380 g/mol. The van der Waals surface area contributed by atoms with Crippen LogP contribution in [0.15, 0.2) is 60.2 Å². The molecule has 6 nitrogen and oxygen atoms in total. The van der Waals surface area contributed by atoms with Crippen molar-refractivity contribution in [1.29, 1.82) is 0 Å². The van der Waals surface area contributed by atoms with E-state index in [2.05, 4.69) is 10.6 Å².